The van der Waals surface area contributed by atoms with Crippen LogP contribution < -0.4 is 10.7 Å². The second-order valence-corrected chi connectivity index (χ2v) is 3.76. The SMILES string of the molecule is CCC1(C)C=CC=c2ncccc2=N1. The Hall–Kier alpha value is -1.44. The molecule has 0 N–H and O–H groups in total. The van der Waals surface area contributed by atoms with Crippen molar-refractivity contribution in [3.63, 3.8) is 0 Å². The summed E-state index contributed by atoms with van der Waals surface area (Å²) in [4.78, 5) is 8.99. The summed E-state index contributed by atoms with van der Waals surface area (Å²) in [6, 6.07) is 3.94. The number of pyridine rings is 1. The maximum atomic E-state index is 4.71. The first-order valence-electron chi connectivity index (χ1n) is 4.94. The van der Waals surface area contributed by atoms with Gasteiger partial charge in [-0.05, 0) is 31.6 Å². The summed E-state index contributed by atoms with van der Waals surface area (Å²) < 4.78 is 0. The molecule has 0 aliphatic carbocycles. The largest absolute Gasteiger partial charge is 0.273 e. The van der Waals surface area contributed by atoms with E-state index in [0.717, 1.165) is 17.1 Å². The Balaban J connectivity index is 2.69. The summed E-state index contributed by atoms with van der Waals surface area (Å²) in [6.45, 7) is 4.29. The standard InChI is InChI=1S/C12H14N2/c1-3-12(2)8-4-6-10-11(14-12)7-5-9-13-10/h4-9H,3H2,1-2H3. The fourth-order valence-electron chi connectivity index (χ4n) is 1.49. The highest BCUT2D eigenvalue weighted by Crippen LogP contribution is 2.16. The number of aromatic nitrogens is 1. The van der Waals surface area contributed by atoms with Crippen molar-refractivity contribution in [1.82, 2.24) is 4.98 Å². The van der Waals surface area contributed by atoms with Crippen molar-refractivity contribution in [3.8, 4) is 0 Å². The molecule has 0 spiro atoms. The number of nitrogens with zero attached hydrogens (tertiary/aromatic N) is 2. The molecule has 0 bridgehead atoms. The number of rotatable bonds is 1. The molecule has 2 rings (SSSR count). The van der Waals surface area contributed by atoms with E-state index in [1.54, 1.807) is 6.20 Å². The summed E-state index contributed by atoms with van der Waals surface area (Å²) in [5, 5.41) is 1.95. The molecule has 1 aliphatic rings. The fraction of sp³-hybridized carbons (Fsp3) is 0.333. The maximum absolute atomic E-state index is 4.71. The lowest BCUT2D eigenvalue weighted by molar-refractivity contribution is 0.552. The zero-order chi connectivity index (χ0) is 10.0. The Labute approximate surface area is 83.7 Å². The lowest BCUT2D eigenvalue weighted by atomic mass is 10.00. The van der Waals surface area contributed by atoms with E-state index < -0.39 is 0 Å². The van der Waals surface area contributed by atoms with Crippen LogP contribution in [0.5, 0.6) is 0 Å². The molecule has 14 heavy (non-hydrogen) atoms. The lowest BCUT2D eigenvalue weighted by Crippen LogP contribution is -2.31. The highest BCUT2D eigenvalue weighted by molar-refractivity contribution is 5.37. The van der Waals surface area contributed by atoms with Gasteiger partial charge in [0.1, 0.15) is 0 Å². The summed E-state index contributed by atoms with van der Waals surface area (Å²) >= 11 is 0. The number of allylic oxidation sites excluding steroid dienone is 1. The smallest absolute Gasteiger partial charge is 0.0881 e. The molecule has 1 aromatic rings. The van der Waals surface area contributed by atoms with Crippen LogP contribution in [0, 0.1) is 0 Å². The van der Waals surface area contributed by atoms with Crippen LogP contribution in [0.25, 0.3) is 6.08 Å². The molecular formula is C12H14N2. The van der Waals surface area contributed by atoms with Gasteiger partial charge in [-0.25, -0.2) is 0 Å². The zero-order valence-corrected chi connectivity index (χ0v) is 8.57. The van der Waals surface area contributed by atoms with Crippen LogP contribution >= 0.6 is 0 Å². The van der Waals surface area contributed by atoms with Gasteiger partial charge in [0, 0.05) is 6.20 Å². The molecule has 0 radical (unpaired) electrons. The molecular weight excluding hydrogens is 172 g/mol. The molecule has 72 valence electrons. The van der Waals surface area contributed by atoms with Crippen molar-refractivity contribution in [2.45, 2.75) is 25.8 Å². The van der Waals surface area contributed by atoms with Crippen LogP contribution in [-0.4, -0.2) is 10.5 Å². The van der Waals surface area contributed by atoms with E-state index >= 15 is 0 Å². The zero-order valence-electron chi connectivity index (χ0n) is 8.57. The second kappa shape index (κ2) is 3.37. The predicted molar refractivity (Wildman–Crippen MR) is 57.3 cm³/mol. The predicted octanol–water partition coefficient (Wildman–Crippen LogP) is 1.22. The van der Waals surface area contributed by atoms with E-state index in [1.807, 2.05) is 24.3 Å². The van der Waals surface area contributed by atoms with Gasteiger partial charge in [0.2, 0.25) is 0 Å². The maximum Gasteiger partial charge on any atom is 0.0881 e. The first-order chi connectivity index (χ1) is 6.73. The normalized spacial score (nSPS) is 24.4. The van der Waals surface area contributed by atoms with E-state index in [4.69, 9.17) is 4.99 Å². The Morgan fingerprint density at radius 3 is 3.07 bits per heavy atom. The molecule has 0 aromatic carbocycles. The van der Waals surface area contributed by atoms with Crippen LogP contribution in [-0.2, 0) is 0 Å². The van der Waals surface area contributed by atoms with E-state index in [1.165, 1.54) is 0 Å². The number of hydrogen-bond acceptors (Lipinski definition) is 2. The molecule has 2 heterocycles. The minimum absolute atomic E-state index is 0.0786. The first-order valence-corrected chi connectivity index (χ1v) is 4.94. The third-order valence-electron chi connectivity index (χ3n) is 2.62. The fourth-order valence-corrected chi connectivity index (χ4v) is 1.49. The van der Waals surface area contributed by atoms with E-state index in [-0.39, 0.29) is 5.54 Å². The molecule has 1 unspecified atom stereocenters. The first kappa shape index (κ1) is 9.13. The molecule has 1 aliphatic heterocycles. The quantitative estimate of drug-likeness (QED) is 0.647. The summed E-state index contributed by atoms with van der Waals surface area (Å²) in [5.41, 5.74) is -0.0786. The van der Waals surface area contributed by atoms with Crippen molar-refractivity contribution >= 4 is 6.08 Å². The van der Waals surface area contributed by atoms with Crippen LogP contribution in [0.3, 0.4) is 0 Å². The van der Waals surface area contributed by atoms with Gasteiger partial charge in [0.15, 0.2) is 0 Å². The average molecular weight is 186 g/mol. The van der Waals surface area contributed by atoms with Gasteiger partial charge in [-0.1, -0.05) is 19.1 Å². The monoisotopic (exact) mass is 186 g/mol. The van der Waals surface area contributed by atoms with Crippen molar-refractivity contribution in [2.24, 2.45) is 4.99 Å². The molecule has 1 atom stereocenters. The van der Waals surface area contributed by atoms with E-state index in [9.17, 15) is 0 Å². The third kappa shape index (κ3) is 1.60. The van der Waals surface area contributed by atoms with Crippen molar-refractivity contribution < 1.29 is 0 Å². The summed E-state index contributed by atoms with van der Waals surface area (Å²) in [6.07, 6.45) is 9.00. The summed E-state index contributed by atoms with van der Waals surface area (Å²) in [7, 11) is 0. The minimum Gasteiger partial charge on any atom is -0.273 e. The van der Waals surface area contributed by atoms with Gasteiger partial charge < -0.3 is 0 Å². The average Bonchev–Trinajstić information content (AvgIpc) is 2.37. The Morgan fingerprint density at radius 1 is 1.43 bits per heavy atom. The third-order valence-corrected chi connectivity index (χ3v) is 2.62. The number of fused-ring (bicyclic) bond motifs is 1. The highest BCUT2D eigenvalue weighted by Gasteiger charge is 2.16. The van der Waals surface area contributed by atoms with Gasteiger partial charge in [-0.3, -0.25) is 9.98 Å². The molecule has 2 heteroatoms. The van der Waals surface area contributed by atoms with Crippen molar-refractivity contribution in [1.29, 1.82) is 0 Å². The van der Waals surface area contributed by atoms with Gasteiger partial charge >= 0.3 is 0 Å². The van der Waals surface area contributed by atoms with Crippen LogP contribution in [0.1, 0.15) is 20.3 Å². The highest BCUT2D eigenvalue weighted by atomic mass is 14.8. The van der Waals surface area contributed by atoms with E-state index in [0.29, 0.717) is 0 Å². The lowest BCUT2D eigenvalue weighted by Gasteiger charge is -2.17. The summed E-state index contributed by atoms with van der Waals surface area (Å²) in [5.74, 6) is 0. The molecule has 0 saturated carbocycles. The molecule has 0 amide bonds. The van der Waals surface area contributed by atoms with Gasteiger partial charge in [-0.15, -0.1) is 0 Å². The topological polar surface area (TPSA) is 25.2 Å². The van der Waals surface area contributed by atoms with E-state index in [2.05, 4.69) is 24.9 Å². The molecule has 0 saturated heterocycles. The molecule has 2 nitrogen and oxygen atoms in total. The van der Waals surface area contributed by atoms with Crippen LogP contribution in [0.4, 0.5) is 0 Å². The second-order valence-electron chi connectivity index (χ2n) is 3.76. The Morgan fingerprint density at radius 2 is 2.29 bits per heavy atom. The van der Waals surface area contributed by atoms with Crippen LogP contribution in [0.15, 0.2) is 35.5 Å². The van der Waals surface area contributed by atoms with Gasteiger partial charge in [0.25, 0.3) is 0 Å². The van der Waals surface area contributed by atoms with Crippen molar-refractivity contribution in [2.75, 3.05) is 0 Å². The van der Waals surface area contributed by atoms with Crippen LogP contribution in [0.2, 0.25) is 0 Å². The minimum atomic E-state index is -0.0786. The van der Waals surface area contributed by atoms with Gasteiger partial charge in [-0.2, -0.15) is 0 Å². The van der Waals surface area contributed by atoms with Crippen molar-refractivity contribution in [3.05, 3.63) is 41.2 Å². The Bertz CT molecular complexity index is 473. The molecule has 0 fully saturated rings. The molecule has 1 aromatic heterocycles. The number of hydrogen-bond donors (Lipinski definition) is 0. The Kier molecular flexibility index (Phi) is 2.20. The van der Waals surface area contributed by atoms with Gasteiger partial charge in [0.05, 0.1) is 16.2 Å².